The number of hydrogen-bond donors (Lipinski definition) is 1. The van der Waals surface area contributed by atoms with Gasteiger partial charge in [0, 0.05) is 0 Å². The van der Waals surface area contributed by atoms with Crippen LogP contribution < -0.4 is 18.9 Å². The molecule has 2 aromatic rings. The zero-order valence-corrected chi connectivity index (χ0v) is 20.4. The quantitative estimate of drug-likeness (QED) is 0.533. The number of benzene rings is 2. The van der Waals surface area contributed by atoms with Gasteiger partial charge in [-0.2, -0.15) is 0 Å². The van der Waals surface area contributed by atoms with Gasteiger partial charge < -0.3 is 33.5 Å². The highest BCUT2D eigenvalue weighted by Crippen LogP contribution is 2.29. The Labute approximate surface area is 207 Å². The number of rotatable bonds is 8. The van der Waals surface area contributed by atoms with Crippen molar-refractivity contribution in [3.63, 3.8) is 0 Å². The first-order chi connectivity index (χ1) is 17.2. The van der Waals surface area contributed by atoms with Crippen molar-refractivity contribution in [2.24, 2.45) is 0 Å². The Morgan fingerprint density at radius 3 is 1.83 bits per heavy atom. The topological polar surface area (TPSA) is 92.7 Å². The van der Waals surface area contributed by atoms with Gasteiger partial charge in [-0.05, 0) is 30.7 Å². The summed E-state index contributed by atoms with van der Waals surface area (Å²) in [5, 5.41) is 9.75. The number of aliphatic carboxylic acids is 1. The van der Waals surface area contributed by atoms with Crippen LogP contribution in [0.1, 0.15) is 39.0 Å². The van der Waals surface area contributed by atoms with Crippen molar-refractivity contribution < 1.29 is 38.3 Å². The number of unbranched alkanes of at least 4 members (excludes halogenated alkanes) is 3. The van der Waals surface area contributed by atoms with Gasteiger partial charge in [0.1, 0.15) is 32.5 Å². The average molecular weight is 489 g/mol. The molecular formula is C27H36O8. The molecule has 0 saturated carbocycles. The minimum atomic E-state index is -0.985. The summed E-state index contributed by atoms with van der Waals surface area (Å²) in [6, 6.07) is 14.7. The van der Waals surface area contributed by atoms with Gasteiger partial charge >= 0.3 is 5.97 Å². The first-order valence-electron chi connectivity index (χ1n) is 12.3. The van der Waals surface area contributed by atoms with Gasteiger partial charge in [0.2, 0.25) is 0 Å². The third-order valence-corrected chi connectivity index (χ3v) is 5.47. The van der Waals surface area contributed by atoms with Crippen molar-refractivity contribution >= 4 is 5.97 Å². The largest absolute Gasteiger partial charge is 0.487 e. The van der Waals surface area contributed by atoms with Crippen molar-refractivity contribution in [2.45, 2.75) is 51.2 Å². The van der Waals surface area contributed by atoms with E-state index >= 15 is 0 Å². The van der Waals surface area contributed by atoms with Crippen molar-refractivity contribution in [1.29, 1.82) is 0 Å². The van der Waals surface area contributed by atoms with E-state index in [0.29, 0.717) is 55.8 Å². The summed E-state index contributed by atoms with van der Waals surface area (Å²) in [6.45, 7) is 3.84. The molecule has 1 aliphatic heterocycles. The minimum Gasteiger partial charge on any atom is -0.487 e. The molecule has 1 heterocycles. The van der Waals surface area contributed by atoms with Gasteiger partial charge in [-0.15, -0.1) is 0 Å². The predicted octanol–water partition coefficient (Wildman–Crippen LogP) is 4.74. The molecule has 0 radical (unpaired) electrons. The van der Waals surface area contributed by atoms with Crippen molar-refractivity contribution in [2.75, 3.05) is 39.6 Å². The van der Waals surface area contributed by atoms with Crippen LogP contribution in [0.25, 0.3) is 0 Å². The molecule has 1 N–H and O–H groups in total. The van der Waals surface area contributed by atoms with Gasteiger partial charge in [0.25, 0.3) is 0 Å². The third-order valence-electron chi connectivity index (χ3n) is 5.47. The maximum atomic E-state index is 11.9. The molecule has 2 aromatic carbocycles. The Hall–Kier alpha value is -2.97. The molecular weight excluding hydrogens is 452 g/mol. The summed E-state index contributed by atoms with van der Waals surface area (Å²) in [5.74, 6) is 1.28. The zero-order valence-electron chi connectivity index (χ0n) is 20.4. The fraction of sp³-hybridized carbons (Fsp3) is 0.519. The number of carboxylic acid groups (broad SMARTS) is 1. The summed E-state index contributed by atoms with van der Waals surface area (Å²) in [4.78, 5) is 11.9. The van der Waals surface area contributed by atoms with Crippen LogP contribution in [-0.4, -0.2) is 62.9 Å². The van der Waals surface area contributed by atoms with Crippen LogP contribution in [0.4, 0.5) is 0 Å². The summed E-state index contributed by atoms with van der Waals surface area (Å²) >= 11 is 0. The first-order valence-corrected chi connectivity index (χ1v) is 12.3. The monoisotopic (exact) mass is 488 g/mol. The number of carboxylic acids is 1. The molecule has 192 valence electrons. The second kappa shape index (κ2) is 15.1. The van der Waals surface area contributed by atoms with E-state index in [1.807, 2.05) is 36.4 Å². The lowest BCUT2D eigenvalue weighted by Crippen LogP contribution is -2.36. The molecule has 0 bridgehead atoms. The van der Waals surface area contributed by atoms with Crippen LogP contribution in [0.15, 0.2) is 48.5 Å². The Balaban J connectivity index is 1.75. The molecule has 0 amide bonds. The van der Waals surface area contributed by atoms with Gasteiger partial charge in [0.15, 0.2) is 29.1 Å². The van der Waals surface area contributed by atoms with Gasteiger partial charge in [-0.3, -0.25) is 0 Å². The third kappa shape index (κ3) is 9.30. The van der Waals surface area contributed by atoms with Gasteiger partial charge in [-0.1, -0.05) is 56.9 Å². The fourth-order valence-electron chi connectivity index (χ4n) is 3.63. The molecule has 1 atom stereocenters. The predicted molar refractivity (Wildman–Crippen MR) is 131 cm³/mol. The molecule has 8 nitrogen and oxygen atoms in total. The smallest absolute Gasteiger partial charge is 0.332 e. The van der Waals surface area contributed by atoms with Crippen LogP contribution in [-0.2, 0) is 14.3 Å². The van der Waals surface area contributed by atoms with E-state index in [1.54, 1.807) is 12.1 Å². The molecule has 8 heteroatoms. The molecule has 0 fully saturated rings. The highest BCUT2D eigenvalue weighted by Gasteiger charge is 2.25. The Morgan fingerprint density at radius 1 is 0.829 bits per heavy atom. The molecule has 0 spiro atoms. The molecule has 35 heavy (non-hydrogen) atoms. The van der Waals surface area contributed by atoms with E-state index in [4.69, 9.17) is 28.4 Å². The molecule has 1 aliphatic rings. The summed E-state index contributed by atoms with van der Waals surface area (Å²) < 4.78 is 35.3. The van der Waals surface area contributed by atoms with Crippen LogP contribution in [0.2, 0.25) is 0 Å². The highest BCUT2D eigenvalue weighted by atomic mass is 16.6. The van der Waals surface area contributed by atoms with Gasteiger partial charge in [-0.25, -0.2) is 4.79 Å². The molecule has 0 aromatic heterocycles. The Kier molecular flexibility index (Phi) is 11.5. The lowest BCUT2D eigenvalue weighted by Gasteiger charge is -2.24. The maximum absolute atomic E-state index is 11.9. The number of carbonyl (C=O) groups is 1. The van der Waals surface area contributed by atoms with Crippen molar-refractivity contribution in [3.05, 3.63) is 48.5 Å². The van der Waals surface area contributed by atoms with Gasteiger partial charge in [0.05, 0.1) is 13.2 Å². The average Bonchev–Trinajstić information content (AvgIpc) is 2.87. The van der Waals surface area contributed by atoms with E-state index in [2.05, 4.69) is 6.92 Å². The number of ether oxygens (including phenoxy) is 6. The minimum absolute atomic E-state index is 0.0959. The highest BCUT2D eigenvalue weighted by molar-refractivity contribution is 5.72. The maximum Gasteiger partial charge on any atom is 0.332 e. The Bertz CT molecular complexity index is 831. The SMILES string of the molecule is CCCCCCC(OC1COc2ccccc2OCCOCCOc2ccccc2OC1)C(=O)O. The standard InChI is InChI=1S/C27H36O8/c1-2-3-4-5-14-26(27(28)29)35-21-19-33-24-12-8-6-10-22(24)31-17-15-30-16-18-32-23-11-7-9-13-25(23)34-20-21/h6-13,21,26H,2-5,14-20H2,1H3,(H,28,29). The molecule has 0 saturated heterocycles. The number of fused-ring (bicyclic) bond motifs is 2. The lowest BCUT2D eigenvalue weighted by atomic mass is 10.1. The first kappa shape index (κ1) is 26.6. The molecule has 1 unspecified atom stereocenters. The van der Waals surface area contributed by atoms with Crippen LogP contribution in [0, 0.1) is 0 Å². The summed E-state index contributed by atoms with van der Waals surface area (Å²) in [5.41, 5.74) is 0. The molecule has 0 aliphatic carbocycles. The van der Waals surface area contributed by atoms with Crippen LogP contribution in [0.3, 0.4) is 0 Å². The number of hydrogen-bond acceptors (Lipinski definition) is 7. The van der Waals surface area contributed by atoms with Crippen molar-refractivity contribution in [3.8, 4) is 23.0 Å². The van der Waals surface area contributed by atoms with Crippen molar-refractivity contribution in [1.82, 2.24) is 0 Å². The van der Waals surface area contributed by atoms with E-state index in [9.17, 15) is 9.90 Å². The molecule has 3 rings (SSSR count). The van der Waals surface area contributed by atoms with E-state index in [-0.39, 0.29) is 13.2 Å². The second-order valence-electron chi connectivity index (χ2n) is 8.26. The zero-order chi connectivity index (χ0) is 24.7. The Morgan fingerprint density at radius 2 is 1.34 bits per heavy atom. The van der Waals surface area contributed by atoms with E-state index in [0.717, 1.165) is 25.7 Å². The summed E-state index contributed by atoms with van der Waals surface area (Å²) in [6.07, 6.45) is 2.78. The van der Waals surface area contributed by atoms with E-state index < -0.39 is 18.2 Å². The van der Waals surface area contributed by atoms with Crippen LogP contribution in [0.5, 0.6) is 23.0 Å². The summed E-state index contributed by atoms with van der Waals surface area (Å²) in [7, 11) is 0. The van der Waals surface area contributed by atoms with Crippen LogP contribution >= 0.6 is 0 Å². The lowest BCUT2D eigenvalue weighted by molar-refractivity contribution is -0.157. The fourth-order valence-corrected chi connectivity index (χ4v) is 3.63. The second-order valence-corrected chi connectivity index (χ2v) is 8.26. The number of para-hydroxylation sites is 4. The van der Waals surface area contributed by atoms with E-state index in [1.165, 1.54) is 0 Å². The normalized spacial score (nSPS) is 16.4.